The Morgan fingerprint density at radius 3 is 2.50 bits per heavy atom. The molecule has 0 spiro atoms. The Kier molecular flexibility index (Phi) is 7.77. The number of carbonyl (C=O) groups is 1. The van der Waals surface area contributed by atoms with E-state index in [0.29, 0.717) is 50.4 Å². The van der Waals surface area contributed by atoms with Gasteiger partial charge in [0.05, 0.1) is 24.3 Å². The molecular weight excluding hydrogens is 490 g/mol. The number of carbonyl (C=O) groups excluding carboxylic acids is 1. The molecule has 0 N–H and O–H groups in total. The van der Waals surface area contributed by atoms with Gasteiger partial charge in [-0.05, 0) is 61.0 Å². The first-order valence-electron chi connectivity index (χ1n) is 10.5. The lowest BCUT2D eigenvalue weighted by molar-refractivity contribution is -0.113. The zero-order chi connectivity index (χ0) is 24.1. The molecule has 8 heteroatoms. The quantitative estimate of drug-likeness (QED) is 0.247. The molecule has 1 heterocycles. The standard InChI is InChI=1S/C26H22ClNO4S2/c1-3-31-23-14-17(8-13-22(23)32-16-18-6-4-5-7-21(18)27)15-24-25(29)28(26(33)34-24)19-9-11-20(30-2)12-10-19/h4-15H,3,16H2,1-2H3/b24-15+. The van der Waals surface area contributed by atoms with Crippen LogP contribution in [0.1, 0.15) is 18.1 Å². The first kappa shape index (κ1) is 24.1. The second-order valence-electron chi connectivity index (χ2n) is 7.23. The number of nitrogens with zero attached hydrogens (tertiary/aromatic N) is 1. The van der Waals surface area contributed by atoms with Crippen molar-refractivity contribution in [3.05, 3.63) is 87.8 Å². The smallest absolute Gasteiger partial charge is 0.270 e. The van der Waals surface area contributed by atoms with Crippen molar-refractivity contribution >= 4 is 57.6 Å². The van der Waals surface area contributed by atoms with Gasteiger partial charge in [0.15, 0.2) is 15.8 Å². The van der Waals surface area contributed by atoms with Crippen molar-refractivity contribution in [1.29, 1.82) is 0 Å². The van der Waals surface area contributed by atoms with Crippen LogP contribution in [0.3, 0.4) is 0 Å². The molecule has 3 aromatic rings. The summed E-state index contributed by atoms with van der Waals surface area (Å²) >= 11 is 13.0. The highest BCUT2D eigenvalue weighted by atomic mass is 35.5. The minimum atomic E-state index is -0.169. The average Bonchev–Trinajstić information content (AvgIpc) is 3.12. The van der Waals surface area contributed by atoms with E-state index in [-0.39, 0.29) is 5.91 Å². The first-order valence-corrected chi connectivity index (χ1v) is 12.2. The van der Waals surface area contributed by atoms with Gasteiger partial charge in [-0.1, -0.05) is 59.8 Å². The topological polar surface area (TPSA) is 48.0 Å². The lowest BCUT2D eigenvalue weighted by atomic mass is 10.1. The summed E-state index contributed by atoms with van der Waals surface area (Å²) in [5.41, 5.74) is 2.40. The summed E-state index contributed by atoms with van der Waals surface area (Å²) < 4.78 is 17.4. The van der Waals surface area contributed by atoms with Crippen molar-refractivity contribution in [2.24, 2.45) is 0 Å². The second kappa shape index (κ2) is 11.0. The molecule has 3 aromatic carbocycles. The molecule has 34 heavy (non-hydrogen) atoms. The number of amides is 1. The maximum atomic E-state index is 13.1. The average molecular weight is 512 g/mol. The van der Waals surface area contributed by atoms with E-state index < -0.39 is 0 Å². The summed E-state index contributed by atoms with van der Waals surface area (Å²) in [7, 11) is 1.60. The summed E-state index contributed by atoms with van der Waals surface area (Å²) in [6, 6.07) is 20.3. The van der Waals surface area contributed by atoms with Crippen LogP contribution < -0.4 is 19.1 Å². The summed E-state index contributed by atoms with van der Waals surface area (Å²) in [4.78, 5) is 15.2. The van der Waals surface area contributed by atoms with Crippen LogP contribution in [0.2, 0.25) is 5.02 Å². The van der Waals surface area contributed by atoms with Crippen LogP contribution in [0, 0.1) is 0 Å². The number of methoxy groups -OCH3 is 1. The predicted molar refractivity (Wildman–Crippen MR) is 142 cm³/mol. The molecule has 4 rings (SSSR count). The molecule has 1 aliphatic heterocycles. The van der Waals surface area contributed by atoms with Gasteiger partial charge in [-0.2, -0.15) is 0 Å². The Labute approximate surface area is 213 Å². The Balaban J connectivity index is 1.54. The number of thioether (sulfide) groups is 1. The van der Waals surface area contributed by atoms with Crippen LogP contribution in [0.25, 0.3) is 6.08 Å². The molecule has 1 aliphatic rings. The van der Waals surface area contributed by atoms with Crippen molar-refractivity contribution in [2.45, 2.75) is 13.5 Å². The van der Waals surface area contributed by atoms with Crippen molar-refractivity contribution < 1.29 is 19.0 Å². The lowest BCUT2D eigenvalue weighted by Crippen LogP contribution is -2.27. The van der Waals surface area contributed by atoms with Gasteiger partial charge in [0.1, 0.15) is 12.4 Å². The van der Waals surface area contributed by atoms with E-state index in [9.17, 15) is 4.79 Å². The molecule has 1 saturated heterocycles. The van der Waals surface area contributed by atoms with E-state index >= 15 is 0 Å². The van der Waals surface area contributed by atoms with Gasteiger partial charge >= 0.3 is 0 Å². The van der Waals surface area contributed by atoms with Crippen molar-refractivity contribution in [3.8, 4) is 17.2 Å². The van der Waals surface area contributed by atoms with E-state index in [1.807, 2.05) is 67.6 Å². The number of thiocarbonyl (C=S) groups is 1. The molecule has 0 aromatic heterocycles. The Bertz CT molecular complexity index is 1240. The number of anilines is 1. The van der Waals surface area contributed by atoms with Crippen LogP contribution >= 0.6 is 35.6 Å². The van der Waals surface area contributed by atoms with E-state index in [1.165, 1.54) is 16.7 Å². The largest absolute Gasteiger partial charge is 0.497 e. The van der Waals surface area contributed by atoms with E-state index in [0.717, 1.165) is 11.1 Å². The van der Waals surface area contributed by atoms with Crippen molar-refractivity contribution in [1.82, 2.24) is 0 Å². The highest BCUT2D eigenvalue weighted by Crippen LogP contribution is 2.38. The summed E-state index contributed by atoms with van der Waals surface area (Å²) in [6.45, 7) is 2.70. The van der Waals surface area contributed by atoms with Crippen LogP contribution in [-0.4, -0.2) is 23.9 Å². The summed E-state index contributed by atoms with van der Waals surface area (Å²) in [5, 5.41) is 0.649. The molecule has 0 unspecified atom stereocenters. The van der Waals surface area contributed by atoms with Gasteiger partial charge < -0.3 is 14.2 Å². The Morgan fingerprint density at radius 2 is 1.79 bits per heavy atom. The molecule has 1 fully saturated rings. The molecule has 1 amide bonds. The van der Waals surface area contributed by atoms with Crippen molar-refractivity contribution in [3.63, 3.8) is 0 Å². The summed E-state index contributed by atoms with van der Waals surface area (Å²) in [6.07, 6.45) is 1.81. The minimum absolute atomic E-state index is 0.169. The third-order valence-electron chi connectivity index (χ3n) is 5.03. The molecule has 0 saturated carbocycles. The van der Waals surface area contributed by atoms with Crippen molar-refractivity contribution in [2.75, 3.05) is 18.6 Å². The Morgan fingerprint density at radius 1 is 1.03 bits per heavy atom. The summed E-state index contributed by atoms with van der Waals surface area (Å²) in [5.74, 6) is 1.74. The van der Waals surface area contributed by atoms with Gasteiger partial charge in [-0.3, -0.25) is 9.69 Å². The number of benzene rings is 3. The fraction of sp³-hybridized carbons (Fsp3) is 0.154. The predicted octanol–water partition coefficient (Wildman–Crippen LogP) is 6.73. The number of halogens is 1. The molecule has 5 nitrogen and oxygen atoms in total. The highest BCUT2D eigenvalue weighted by molar-refractivity contribution is 8.27. The molecule has 0 atom stereocenters. The maximum absolute atomic E-state index is 13.1. The van der Waals surface area contributed by atoms with Gasteiger partial charge in [0.25, 0.3) is 5.91 Å². The SMILES string of the molecule is CCOc1cc(/C=C2/SC(=S)N(c3ccc(OC)cc3)C2=O)ccc1OCc1ccccc1Cl. The fourth-order valence-electron chi connectivity index (χ4n) is 3.35. The Hall–Kier alpha value is -3.00. The normalized spacial score (nSPS) is 14.6. The molecular formula is C26H22ClNO4S2. The third kappa shape index (κ3) is 5.38. The lowest BCUT2D eigenvalue weighted by Gasteiger charge is -2.15. The molecule has 0 bridgehead atoms. The fourth-order valence-corrected chi connectivity index (χ4v) is 4.84. The zero-order valence-corrected chi connectivity index (χ0v) is 21.0. The van der Waals surface area contributed by atoms with Crippen LogP contribution in [0.15, 0.2) is 71.6 Å². The highest BCUT2D eigenvalue weighted by Gasteiger charge is 2.33. The van der Waals surface area contributed by atoms with E-state index in [2.05, 4.69) is 0 Å². The first-order chi connectivity index (χ1) is 16.5. The molecule has 0 aliphatic carbocycles. The third-order valence-corrected chi connectivity index (χ3v) is 6.70. The van der Waals surface area contributed by atoms with E-state index in [1.54, 1.807) is 19.2 Å². The molecule has 0 radical (unpaired) electrons. The van der Waals surface area contributed by atoms with Crippen LogP contribution in [-0.2, 0) is 11.4 Å². The van der Waals surface area contributed by atoms with Gasteiger partial charge in [0, 0.05) is 10.6 Å². The van der Waals surface area contributed by atoms with Gasteiger partial charge in [-0.15, -0.1) is 0 Å². The maximum Gasteiger partial charge on any atom is 0.270 e. The monoisotopic (exact) mass is 511 g/mol. The zero-order valence-electron chi connectivity index (χ0n) is 18.6. The number of hydrogen-bond donors (Lipinski definition) is 0. The van der Waals surface area contributed by atoms with Crippen LogP contribution in [0.4, 0.5) is 5.69 Å². The van der Waals surface area contributed by atoms with Crippen LogP contribution in [0.5, 0.6) is 17.2 Å². The van der Waals surface area contributed by atoms with Gasteiger partial charge in [0.2, 0.25) is 0 Å². The van der Waals surface area contributed by atoms with Gasteiger partial charge in [-0.25, -0.2) is 0 Å². The molecule has 174 valence electrons. The minimum Gasteiger partial charge on any atom is -0.497 e. The number of ether oxygens (including phenoxy) is 3. The number of rotatable bonds is 8. The second-order valence-corrected chi connectivity index (χ2v) is 9.32. The van der Waals surface area contributed by atoms with E-state index in [4.69, 9.17) is 38.0 Å². The number of hydrogen-bond acceptors (Lipinski definition) is 6.